The maximum atomic E-state index is 5.14. The van der Waals surface area contributed by atoms with Crippen LogP contribution >= 0.6 is 0 Å². The number of allylic oxidation sites excluding steroid dienone is 1. The minimum atomic E-state index is 0.142. The average molecular weight is 155 g/mol. The van der Waals surface area contributed by atoms with E-state index in [-0.39, 0.29) is 11.4 Å². The summed E-state index contributed by atoms with van der Waals surface area (Å²) >= 11 is 0. The van der Waals surface area contributed by atoms with Gasteiger partial charge in [-0.05, 0) is 5.41 Å². The zero-order valence-electron chi connectivity index (χ0n) is 7.46. The lowest BCUT2D eigenvalue weighted by Gasteiger charge is -2.10. The molecule has 0 aromatic heterocycles. The third kappa shape index (κ3) is 9.01. The van der Waals surface area contributed by atoms with Crippen molar-refractivity contribution in [3.8, 4) is 0 Å². The van der Waals surface area contributed by atoms with Crippen LogP contribution in [0.15, 0.2) is 17.1 Å². The Labute approximate surface area is 68.2 Å². The smallest absolute Gasteiger partial charge is 0.186 e. The van der Waals surface area contributed by atoms with Crippen LogP contribution in [0.25, 0.3) is 0 Å². The van der Waals surface area contributed by atoms with Gasteiger partial charge < -0.3 is 11.5 Å². The number of rotatable bonds is 2. The lowest BCUT2D eigenvalue weighted by atomic mass is 9.96. The van der Waals surface area contributed by atoms with E-state index in [2.05, 4.69) is 31.8 Å². The highest BCUT2D eigenvalue weighted by Gasteiger charge is 2.01. The summed E-state index contributed by atoms with van der Waals surface area (Å²) in [5.74, 6) is 0.142. The van der Waals surface area contributed by atoms with E-state index >= 15 is 0 Å². The molecule has 0 unspecified atom stereocenters. The van der Waals surface area contributed by atoms with Gasteiger partial charge >= 0.3 is 0 Å². The van der Waals surface area contributed by atoms with Crippen LogP contribution in [-0.2, 0) is 0 Å². The molecule has 0 bridgehead atoms. The summed E-state index contributed by atoms with van der Waals surface area (Å²) in [5.41, 5.74) is 10.5. The molecule has 0 aliphatic rings. The van der Waals surface area contributed by atoms with E-state index < -0.39 is 0 Å². The van der Waals surface area contributed by atoms with Crippen LogP contribution in [-0.4, -0.2) is 12.5 Å². The summed E-state index contributed by atoms with van der Waals surface area (Å²) in [5, 5.41) is 0. The third-order valence-corrected chi connectivity index (χ3v) is 0.997. The summed E-state index contributed by atoms with van der Waals surface area (Å²) in [6.45, 7) is 6.94. The molecule has 0 rings (SSSR count). The van der Waals surface area contributed by atoms with Crippen LogP contribution in [0.1, 0.15) is 20.8 Å². The Kier molecular flexibility index (Phi) is 3.65. The average Bonchev–Trinajstić information content (AvgIpc) is 1.78. The molecular formula is C8H17N3. The van der Waals surface area contributed by atoms with Crippen molar-refractivity contribution in [2.75, 3.05) is 6.54 Å². The van der Waals surface area contributed by atoms with Crippen LogP contribution in [0.3, 0.4) is 0 Å². The summed E-state index contributed by atoms with van der Waals surface area (Å²) in [6, 6.07) is 0. The Balaban J connectivity index is 3.71. The number of aliphatic imine (C=N–C) groups is 1. The number of guanidine groups is 1. The molecule has 0 aliphatic heterocycles. The van der Waals surface area contributed by atoms with Crippen LogP contribution in [0.4, 0.5) is 0 Å². The molecule has 3 nitrogen and oxygen atoms in total. The highest BCUT2D eigenvalue weighted by atomic mass is 15.0. The topological polar surface area (TPSA) is 64.4 Å². The molecular weight excluding hydrogens is 138 g/mol. The molecule has 0 atom stereocenters. The molecule has 0 saturated carbocycles. The molecule has 0 fully saturated rings. The zero-order valence-corrected chi connectivity index (χ0v) is 7.46. The predicted octanol–water partition coefficient (Wildman–Crippen LogP) is 0.862. The van der Waals surface area contributed by atoms with E-state index in [1.807, 2.05) is 6.08 Å². The van der Waals surface area contributed by atoms with Crippen molar-refractivity contribution in [2.24, 2.45) is 21.9 Å². The van der Waals surface area contributed by atoms with E-state index in [1.165, 1.54) is 0 Å². The Morgan fingerprint density at radius 3 is 2.27 bits per heavy atom. The quantitative estimate of drug-likeness (QED) is 0.353. The summed E-state index contributed by atoms with van der Waals surface area (Å²) in [4.78, 5) is 3.81. The molecule has 0 saturated heterocycles. The highest BCUT2D eigenvalue weighted by Crippen LogP contribution is 2.13. The number of nitrogens with zero attached hydrogens (tertiary/aromatic N) is 1. The van der Waals surface area contributed by atoms with Gasteiger partial charge in [0.05, 0.1) is 6.54 Å². The number of nitrogens with two attached hydrogens (primary N) is 2. The second-order valence-electron chi connectivity index (χ2n) is 3.53. The summed E-state index contributed by atoms with van der Waals surface area (Å²) in [6.07, 6.45) is 4.04. The normalized spacial score (nSPS) is 11.9. The minimum absolute atomic E-state index is 0.142. The van der Waals surface area contributed by atoms with Gasteiger partial charge in [-0.15, -0.1) is 0 Å². The zero-order chi connectivity index (χ0) is 8.91. The SMILES string of the molecule is CC(C)(C)/C=C/CN=C(N)N. The number of hydrogen-bond acceptors (Lipinski definition) is 1. The Morgan fingerprint density at radius 2 is 1.91 bits per heavy atom. The predicted molar refractivity (Wildman–Crippen MR) is 49.3 cm³/mol. The van der Waals surface area contributed by atoms with Crippen molar-refractivity contribution in [3.63, 3.8) is 0 Å². The number of hydrogen-bond donors (Lipinski definition) is 2. The standard InChI is InChI=1S/C8H17N3/c1-8(2,3)5-4-6-11-7(9)10/h4-5H,6H2,1-3H3,(H4,9,10,11)/b5-4+. The largest absolute Gasteiger partial charge is 0.370 e. The van der Waals surface area contributed by atoms with Crippen molar-refractivity contribution in [1.82, 2.24) is 0 Å². The highest BCUT2D eigenvalue weighted by molar-refractivity contribution is 5.75. The molecule has 3 heteroatoms. The van der Waals surface area contributed by atoms with E-state index in [9.17, 15) is 0 Å². The van der Waals surface area contributed by atoms with Gasteiger partial charge in [0.25, 0.3) is 0 Å². The monoisotopic (exact) mass is 155 g/mol. The molecule has 0 aromatic rings. The van der Waals surface area contributed by atoms with Gasteiger partial charge in [-0.1, -0.05) is 32.9 Å². The first-order valence-corrected chi connectivity index (χ1v) is 3.65. The lowest BCUT2D eigenvalue weighted by molar-refractivity contribution is 0.543. The first kappa shape index (κ1) is 10.0. The molecule has 11 heavy (non-hydrogen) atoms. The van der Waals surface area contributed by atoms with Gasteiger partial charge in [-0.25, -0.2) is 4.99 Å². The van der Waals surface area contributed by atoms with Gasteiger partial charge in [0.2, 0.25) is 0 Å². The molecule has 0 aromatic carbocycles. The molecule has 0 aliphatic carbocycles. The fraction of sp³-hybridized carbons (Fsp3) is 0.625. The van der Waals surface area contributed by atoms with Crippen LogP contribution in [0, 0.1) is 5.41 Å². The maximum absolute atomic E-state index is 5.14. The first-order chi connectivity index (χ1) is 4.92. The second kappa shape index (κ2) is 4.01. The van der Waals surface area contributed by atoms with E-state index in [4.69, 9.17) is 11.5 Å². The molecule has 4 N–H and O–H groups in total. The summed E-state index contributed by atoms with van der Waals surface area (Å²) < 4.78 is 0. The van der Waals surface area contributed by atoms with E-state index in [1.54, 1.807) is 0 Å². The fourth-order valence-electron chi connectivity index (χ4n) is 0.564. The van der Waals surface area contributed by atoms with Crippen molar-refractivity contribution >= 4 is 5.96 Å². The second-order valence-corrected chi connectivity index (χ2v) is 3.53. The van der Waals surface area contributed by atoms with Crippen LogP contribution in [0.2, 0.25) is 0 Å². The molecule has 0 heterocycles. The van der Waals surface area contributed by atoms with E-state index in [0.29, 0.717) is 6.54 Å². The minimum Gasteiger partial charge on any atom is -0.370 e. The Hall–Kier alpha value is -0.990. The molecule has 64 valence electrons. The van der Waals surface area contributed by atoms with Gasteiger partial charge in [-0.3, -0.25) is 0 Å². The fourth-order valence-corrected chi connectivity index (χ4v) is 0.564. The third-order valence-electron chi connectivity index (χ3n) is 0.997. The van der Waals surface area contributed by atoms with Gasteiger partial charge in [0.15, 0.2) is 5.96 Å². The van der Waals surface area contributed by atoms with Crippen molar-refractivity contribution in [2.45, 2.75) is 20.8 Å². The first-order valence-electron chi connectivity index (χ1n) is 3.65. The van der Waals surface area contributed by atoms with Crippen LogP contribution in [0.5, 0.6) is 0 Å². The lowest BCUT2D eigenvalue weighted by Crippen LogP contribution is -2.22. The van der Waals surface area contributed by atoms with Crippen molar-refractivity contribution in [3.05, 3.63) is 12.2 Å². The van der Waals surface area contributed by atoms with Gasteiger partial charge in [-0.2, -0.15) is 0 Å². The molecule has 0 amide bonds. The summed E-state index contributed by atoms with van der Waals surface area (Å²) in [7, 11) is 0. The maximum Gasteiger partial charge on any atom is 0.186 e. The van der Waals surface area contributed by atoms with Gasteiger partial charge in [0, 0.05) is 0 Å². The van der Waals surface area contributed by atoms with Crippen molar-refractivity contribution < 1.29 is 0 Å². The van der Waals surface area contributed by atoms with E-state index in [0.717, 1.165) is 0 Å². The van der Waals surface area contributed by atoms with Crippen LogP contribution < -0.4 is 11.5 Å². The Morgan fingerprint density at radius 1 is 1.36 bits per heavy atom. The Bertz CT molecular complexity index is 159. The van der Waals surface area contributed by atoms with Gasteiger partial charge in [0.1, 0.15) is 0 Å². The van der Waals surface area contributed by atoms with Crippen molar-refractivity contribution in [1.29, 1.82) is 0 Å². The molecule has 0 radical (unpaired) electrons. The molecule has 0 spiro atoms.